The molecule has 0 aliphatic carbocycles. The summed E-state index contributed by atoms with van der Waals surface area (Å²) in [5.74, 6) is 0. The molecule has 1 rings (SSSR count). The molecule has 0 radical (unpaired) electrons. The Morgan fingerprint density at radius 3 is 2.40 bits per heavy atom. The number of likely N-dealkylation sites (N-methyl/N-ethyl adjacent to an activating group) is 1. The maximum atomic E-state index is 10.0. The van der Waals surface area contributed by atoms with Crippen LogP contribution in [0.25, 0.3) is 0 Å². The summed E-state index contributed by atoms with van der Waals surface area (Å²) in [7, 11) is 1.89. The summed E-state index contributed by atoms with van der Waals surface area (Å²) in [5, 5.41) is 3.63. The second-order valence-corrected chi connectivity index (χ2v) is 4.54. The first-order valence-electron chi connectivity index (χ1n) is 6.31. The van der Waals surface area contributed by atoms with E-state index in [4.69, 9.17) is 16.3 Å². The molecule has 0 saturated carbocycles. The Bertz CT molecular complexity index is 469. The molecule has 0 saturated heterocycles. The predicted octanol–water partition coefficient (Wildman–Crippen LogP) is 4.26. The van der Waals surface area contributed by atoms with Gasteiger partial charge in [0.1, 0.15) is 6.10 Å². The van der Waals surface area contributed by atoms with Crippen LogP contribution in [0.2, 0.25) is 5.02 Å². The van der Waals surface area contributed by atoms with E-state index in [-0.39, 0.29) is 6.10 Å². The Hall–Kier alpha value is -1.74. The van der Waals surface area contributed by atoms with Gasteiger partial charge in [0, 0.05) is 23.3 Å². The molecular weight excluding hydrogens is 274 g/mol. The van der Waals surface area contributed by atoms with E-state index in [1.165, 1.54) is 0 Å². The van der Waals surface area contributed by atoms with Crippen LogP contribution in [0.3, 0.4) is 0 Å². The molecule has 4 heteroatoms. The zero-order chi connectivity index (χ0) is 15.5. The van der Waals surface area contributed by atoms with Crippen molar-refractivity contribution in [3.8, 4) is 0 Å². The Balaban J connectivity index is 0.000000396. The molecule has 1 atom stereocenters. The summed E-state index contributed by atoms with van der Waals surface area (Å²) in [5.41, 5.74) is 3.02. The van der Waals surface area contributed by atoms with Crippen LogP contribution >= 0.6 is 11.6 Å². The highest BCUT2D eigenvalue weighted by Crippen LogP contribution is 2.23. The van der Waals surface area contributed by atoms with E-state index in [0.29, 0.717) is 11.5 Å². The lowest BCUT2D eigenvalue weighted by Gasteiger charge is -2.10. The number of rotatable bonds is 5. The van der Waals surface area contributed by atoms with E-state index in [1.54, 1.807) is 13.0 Å². The average Bonchev–Trinajstić information content (AvgIpc) is 2.41. The first-order chi connectivity index (χ1) is 9.47. The average molecular weight is 296 g/mol. The number of hydrogen-bond acceptors (Lipinski definition) is 3. The summed E-state index contributed by atoms with van der Waals surface area (Å²) in [6.45, 7) is 9.93. The van der Waals surface area contributed by atoms with Crippen molar-refractivity contribution in [3.05, 3.63) is 58.8 Å². The fraction of sp³-hybridized carbons (Fsp3) is 0.312. The van der Waals surface area contributed by atoms with Gasteiger partial charge in [-0.05, 0) is 32.4 Å². The fourth-order valence-electron chi connectivity index (χ4n) is 1.57. The molecule has 0 bridgehead atoms. The Morgan fingerprint density at radius 2 is 2.05 bits per heavy atom. The van der Waals surface area contributed by atoms with E-state index < -0.39 is 0 Å². The number of benzene rings is 1. The minimum Gasteiger partial charge on any atom is -0.460 e. The summed E-state index contributed by atoms with van der Waals surface area (Å²) < 4.78 is 4.74. The first kappa shape index (κ1) is 18.3. The number of carbonyl (C=O) groups excluding carboxylic acids is 1. The van der Waals surface area contributed by atoms with Crippen molar-refractivity contribution in [2.75, 3.05) is 7.05 Å². The molecule has 110 valence electrons. The molecule has 0 fully saturated rings. The van der Waals surface area contributed by atoms with Gasteiger partial charge < -0.3 is 10.1 Å². The van der Waals surface area contributed by atoms with E-state index in [2.05, 4.69) is 11.9 Å². The highest BCUT2D eigenvalue weighted by atomic mass is 35.5. The molecule has 1 aromatic carbocycles. The SMILES string of the molecule is C=C(C)/C(=C/C)NC.C[C@@H](OC=O)c1ccccc1Cl. The first-order valence-corrected chi connectivity index (χ1v) is 6.69. The number of carbonyl (C=O) groups is 1. The van der Waals surface area contributed by atoms with Crippen LogP contribution in [-0.2, 0) is 9.53 Å². The Kier molecular flexibility index (Phi) is 9.22. The lowest BCUT2D eigenvalue weighted by Crippen LogP contribution is -2.05. The molecule has 0 aliphatic heterocycles. The standard InChI is InChI=1S/C9H9ClO2.C7H13N/c1-7(12-6-11)8-4-2-3-5-9(8)10;1-5-7(8-4)6(2)3/h2-7H,1H3;5,8H,2H2,1,3-4H3/b;7-5-/t7-;/m1./s1. The van der Waals surface area contributed by atoms with Crippen LogP contribution < -0.4 is 5.32 Å². The summed E-state index contributed by atoms with van der Waals surface area (Å²) in [6, 6.07) is 7.28. The molecule has 20 heavy (non-hydrogen) atoms. The van der Waals surface area contributed by atoms with Gasteiger partial charge in [0.05, 0.1) is 0 Å². The maximum absolute atomic E-state index is 10.0. The highest BCUT2D eigenvalue weighted by Gasteiger charge is 2.08. The lowest BCUT2D eigenvalue weighted by atomic mass is 10.1. The molecule has 0 spiro atoms. The third-order valence-corrected chi connectivity index (χ3v) is 2.96. The molecule has 1 N–H and O–H groups in total. The van der Waals surface area contributed by atoms with Crippen LogP contribution in [-0.4, -0.2) is 13.5 Å². The third kappa shape index (κ3) is 6.43. The largest absolute Gasteiger partial charge is 0.460 e. The molecular formula is C16H22ClNO2. The van der Waals surface area contributed by atoms with Crippen molar-refractivity contribution < 1.29 is 9.53 Å². The van der Waals surface area contributed by atoms with Gasteiger partial charge in [-0.25, -0.2) is 0 Å². The molecule has 0 aliphatic rings. The van der Waals surface area contributed by atoms with Crippen LogP contribution in [0.5, 0.6) is 0 Å². The number of nitrogens with one attached hydrogen (secondary N) is 1. The molecule has 1 aromatic rings. The van der Waals surface area contributed by atoms with Crippen LogP contribution in [0.15, 0.2) is 48.2 Å². The Morgan fingerprint density at radius 1 is 1.45 bits per heavy atom. The quantitative estimate of drug-likeness (QED) is 0.651. The zero-order valence-electron chi connectivity index (χ0n) is 12.4. The molecule has 0 unspecified atom stereocenters. The topological polar surface area (TPSA) is 38.3 Å². The number of halogens is 1. The van der Waals surface area contributed by atoms with E-state index in [1.807, 2.05) is 45.2 Å². The van der Waals surface area contributed by atoms with Crippen LogP contribution in [0, 0.1) is 0 Å². The third-order valence-electron chi connectivity index (χ3n) is 2.62. The van der Waals surface area contributed by atoms with Gasteiger partial charge in [-0.2, -0.15) is 0 Å². The molecule has 3 nitrogen and oxygen atoms in total. The zero-order valence-corrected chi connectivity index (χ0v) is 13.2. The second kappa shape index (κ2) is 10.1. The minimum absolute atomic E-state index is 0.281. The minimum atomic E-state index is -0.281. The highest BCUT2D eigenvalue weighted by molar-refractivity contribution is 6.31. The van der Waals surface area contributed by atoms with Gasteiger partial charge >= 0.3 is 0 Å². The van der Waals surface area contributed by atoms with Crippen LogP contribution in [0.1, 0.15) is 32.4 Å². The van der Waals surface area contributed by atoms with Crippen molar-refractivity contribution in [2.45, 2.75) is 26.9 Å². The molecule has 0 amide bonds. The number of ether oxygens (including phenoxy) is 1. The van der Waals surface area contributed by atoms with Crippen molar-refractivity contribution in [3.63, 3.8) is 0 Å². The predicted molar refractivity (Wildman–Crippen MR) is 84.6 cm³/mol. The number of hydrogen-bond donors (Lipinski definition) is 1. The van der Waals surface area contributed by atoms with Gasteiger partial charge in [-0.15, -0.1) is 0 Å². The van der Waals surface area contributed by atoms with Gasteiger partial charge in [-0.1, -0.05) is 42.5 Å². The monoisotopic (exact) mass is 295 g/mol. The maximum Gasteiger partial charge on any atom is 0.293 e. The summed E-state index contributed by atoms with van der Waals surface area (Å²) in [6.07, 6.45) is 1.72. The van der Waals surface area contributed by atoms with Crippen molar-refractivity contribution in [2.24, 2.45) is 0 Å². The second-order valence-electron chi connectivity index (χ2n) is 4.13. The van der Waals surface area contributed by atoms with Gasteiger partial charge in [-0.3, -0.25) is 4.79 Å². The van der Waals surface area contributed by atoms with Crippen molar-refractivity contribution in [1.82, 2.24) is 5.32 Å². The van der Waals surface area contributed by atoms with E-state index in [9.17, 15) is 4.79 Å². The molecule has 0 aromatic heterocycles. The van der Waals surface area contributed by atoms with Crippen molar-refractivity contribution in [1.29, 1.82) is 0 Å². The lowest BCUT2D eigenvalue weighted by molar-refractivity contribution is -0.133. The van der Waals surface area contributed by atoms with Crippen LogP contribution in [0.4, 0.5) is 0 Å². The van der Waals surface area contributed by atoms with Gasteiger partial charge in [0.2, 0.25) is 0 Å². The van der Waals surface area contributed by atoms with Gasteiger partial charge in [0.15, 0.2) is 0 Å². The van der Waals surface area contributed by atoms with E-state index >= 15 is 0 Å². The van der Waals surface area contributed by atoms with Crippen molar-refractivity contribution >= 4 is 18.1 Å². The normalized spacial score (nSPS) is 11.8. The summed E-state index contributed by atoms with van der Waals surface area (Å²) in [4.78, 5) is 10.0. The van der Waals surface area contributed by atoms with Gasteiger partial charge in [0.25, 0.3) is 6.47 Å². The Labute approximate surface area is 126 Å². The fourth-order valence-corrected chi connectivity index (χ4v) is 1.85. The molecule has 0 heterocycles. The summed E-state index contributed by atoms with van der Waals surface area (Å²) >= 11 is 5.86. The smallest absolute Gasteiger partial charge is 0.293 e. The number of allylic oxidation sites excluding steroid dienone is 2. The van der Waals surface area contributed by atoms with E-state index in [0.717, 1.165) is 16.8 Å².